The van der Waals surface area contributed by atoms with Gasteiger partial charge in [-0.1, -0.05) is 67.0 Å². The van der Waals surface area contributed by atoms with Crippen LogP contribution >= 0.6 is 0 Å². The number of aliphatic carboxylic acids is 1. The van der Waals surface area contributed by atoms with E-state index in [1.165, 1.54) is 5.57 Å². The first-order valence-electron chi connectivity index (χ1n) is 18.4. The second kappa shape index (κ2) is 12.4. The fourth-order valence-corrected chi connectivity index (χ4v) is 12.5. The Morgan fingerprint density at radius 2 is 1.67 bits per heavy atom. The number of likely N-dealkylation sites (N-methyl/N-ethyl adjacent to an activating group) is 1. The summed E-state index contributed by atoms with van der Waals surface area (Å²) in [6.07, 6.45) is 8.85. The Morgan fingerprint density at radius 1 is 1.02 bits per heavy atom. The van der Waals surface area contributed by atoms with Gasteiger partial charge in [0.1, 0.15) is 0 Å². The molecule has 7 heteroatoms. The predicted molar refractivity (Wildman–Crippen MR) is 182 cm³/mol. The Morgan fingerprint density at radius 3 is 2.22 bits per heavy atom. The molecule has 5 aliphatic rings. The van der Waals surface area contributed by atoms with Crippen LogP contribution in [0.1, 0.15) is 114 Å². The summed E-state index contributed by atoms with van der Waals surface area (Å²) in [7, 11) is 3.84. The van der Waals surface area contributed by atoms with Gasteiger partial charge in [-0.3, -0.25) is 4.79 Å². The molecular weight excluding hydrogens is 578 g/mol. The number of nitrogens with one attached hydrogen (secondary N) is 1. The Hall–Kier alpha value is -0.990. The van der Waals surface area contributed by atoms with E-state index < -0.39 is 23.4 Å². The number of carbonyl (C=O) groups is 1. The summed E-state index contributed by atoms with van der Waals surface area (Å²) in [4.78, 5) is 13.4. The molecule has 0 aromatic heterocycles. The van der Waals surface area contributed by atoms with Crippen LogP contribution in [0.15, 0.2) is 11.6 Å². The van der Waals surface area contributed by atoms with E-state index in [0.717, 1.165) is 64.6 Å². The molecule has 264 valence electrons. The van der Waals surface area contributed by atoms with E-state index in [2.05, 4.69) is 66.8 Å². The third-order valence-electron chi connectivity index (χ3n) is 15.9. The molecule has 11 atom stereocenters. The summed E-state index contributed by atoms with van der Waals surface area (Å²) in [6.45, 7) is 22.5. The molecular formula is C39H67NO6. The summed E-state index contributed by atoms with van der Waals surface area (Å²) in [5.74, 6) is 0.119. The molecule has 3 N–H and O–H groups in total. The quantitative estimate of drug-likeness (QED) is 0.230. The van der Waals surface area contributed by atoms with Crippen molar-refractivity contribution in [2.75, 3.05) is 34.0 Å². The van der Waals surface area contributed by atoms with Gasteiger partial charge in [0.15, 0.2) is 0 Å². The maximum absolute atomic E-state index is 13.4. The lowest BCUT2D eigenvalue weighted by molar-refractivity contribution is -0.233. The van der Waals surface area contributed by atoms with Crippen molar-refractivity contribution in [2.24, 2.45) is 56.7 Å². The van der Waals surface area contributed by atoms with Crippen molar-refractivity contribution in [2.45, 2.75) is 138 Å². The fourth-order valence-electron chi connectivity index (χ4n) is 12.5. The standard InChI is InChI=1S/C39H67NO6/c1-24(2)25(3)35(7)16-17-36(8)27-12-13-30-34(5,6)32(46-23-38(40-10)18-20-45-21-19-38)29(44-11)22-39(30,26(4)41)28(27)14-15-37(36,9)31(35)33(42)43/h14,24-27,29-32,40-41H,12-13,15-23H2,1-11H3,(H,42,43)/t25-,26+,27+,29-,30+,31-,32+,35-,36-,37+,39+/m1/s1. The number of carboxylic acid groups (broad SMARTS) is 1. The second-order valence-corrected chi connectivity index (χ2v) is 18.1. The SMILES string of the molecule is CNC1(CO[C@H]2[C@H](OC)C[C@]3([C@H](C)O)C4=CC[C@@]5(C)[C@H](C(=O)O)[C@@](C)([C@H](C)C(C)C)CC[C@]5(C)[C@H]4CC[C@H]3C2(C)C)CCOCC1. The number of methoxy groups -OCH3 is 1. The van der Waals surface area contributed by atoms with Crippen molar-refractivity contribution in [3.63, 3.8) is 0 Å². The fraction of sp³-hybridized carbons (Fsp3) is 0.923. The maximum Gasteiger partial charge on any atom is 0.307 e. The number of hydrogen-bond acceptors (Lipinski definition) is 6. The first-order valence-corrected chi connectivity index (χ1v) is 18.4. The summed E-state index contributed by atoms with van der Waals surface area (Å²) in [6, 6.07) is 0. The second-order valence-electron chi connectivity index (χ2n) is 18.1. The molecule has 4 aliphatic carbocycles. The van der Waals surface area contributed by atoms with E-state index in [1.54, 1.807) is 7.11 Å². The zero-order chi connectivity index (χ0) is 34.1. The zero-order valence-corrected chi connectivity index (χ0v) is 31.0. The summed E-state index contributed by atoms with van der Waals surface area (Å²) in [5.41, 5.74) is -0.230. The molecule has 0 radical (unpaired) electrons. The maximum atomic E-state index is 13.4. The number of hydrogen-bond donors (Lipinski definition) is 3. The van der Waals surface area contributed by atoms with Gasteiger partial charge in [0.2, 0.25) is 0 Å². The van der Waals surface area contributed by atoms with Crippen LogP contribution in [0.25, 0.3) is 0 Å². The third-order valence-corrected chi connectivity index (χ3v) is 15.9. The van der Waals surface area contributed by atoms with Crippen LogP contribution in [-0.2, 0) is 19.0 Å². The van der Waals surface area contributed by atoms with Crippen molar-refractivity contribution in [3.05, 3.63) is 11.6 Å². The third kappa shape index (κ3) is 5.10. The number of aliphatic hydroxyl groups excluding tert-OH is 1. The van der Waals surface area contributed by atoms with Gasteiger partial charge in [-0.05, 0) is 111 Å². The number of rotatable bonds is 9. The lowest BCUT2D eigenvalue weighted by Gasteiger charge is -2.70. The molecule has 0 aromatic rings. The molecule has 7 nitrogen and oxygen atoms in total. The molecule has 46 heavy (non-hydrogen) atoms. The Kier molecular flexibility index (Phi) is 9.79. The molecule has 0 aromatic carbocycles. The van der Waals surface area contributed by atoms with Gasteiger partial charge < -0.3 is 29.7 Å². The van der Waals surface area contributed by atoms with Crippen molar-refractivity contribution >= 4 is 5.97 Å². The molecule has 0 spiro atoms. The van der Waals surface area contributed by atoms with E-state index in [1.807, 2.05) is 14.0 Å². The first-order chi connectivity index (χ1) is 21.4. The van der Waals surface area contributed by atoms with Crippen LogP contribution in [0.5, 0.6) is 0 Å². The minimum atomic E-state index is -0.638. The van der Waals surface area contributed by atoms with Crippen molar-refractivity contribution in [1.29, 1.82) is 0 Å². The van der Waals surface area contributed by atoms with Crippen molar-refractivity contribution in [3.8, 4) is 0 Å². The number of carboxylic acids is 1. The van der Waals surface area contributed by atoms with E-state index >= 15 is 0 Å². The van der Waals surface area contributed by atoms with Crippen molar-refractivity contribution in [1.82, 2.24) is 5.32 Å². The molecule has 4 fully saturated rings. The van der Waals surface area contributed by atoms with Gasteiger partial charge in [-0.2, -0.15) is 0 Å². The van der Waals surface area contributed by atoms with Gasteiger partial charge in [-0.15, -0.1) is 0 Å². The smallest absolute Gasteiger partial charge is 0.307 e. The highest BCUT2D eigenvalue weighted by molar-refractivity contribution is 5.73. The highest BCUT2D eigenvalue weighted by Crippen LogP contribution is 2.74. The Labute approximate surface area is 280 Å². The van der Waals surface area contributed by atoms with Gasteiger partial charge in [0, 0.05) is 31.3 Å². The van der Waals surface area contributed by atoms with E-state index in [4.69, 9.17) is 14.2 Å². The molecule has 0 unspecified atom stereocenters. The van der Waals surface area contributed by atoms with E-state index in [9.17, 15) is 15.0 Å². The highest BCUT2D eigenvalue weighted by atomic mass is 16.5. The molecule has 1 saturated heterocycles. The van der Waals surface area contributed by atoms with Crippen LogP contribution in [-0.4, -0.2) is 74.0 Å². The Balaban J connectivity index is 1.55. The lowest BCUT2D eigenvalue weighted by atomic mass is 9.34. The molecule has 1 aliphatic heterocycles. The van der Waals surface area contributed by atoms with E-state index in [-0.39, 0.29) is 51.2 Å². The van der Waals surface area contributed by atoms with E-state index in [0.29, 0.717) is 18.4 Å². The van der Waals surface area contributed by atoms with Gasteiger partial charge in [0.25, 0.3) is 0 Å². The molecule has 0 amide bonds. The number of allylic oxidation sites excluding steroid dienone is 1. The van der Waals surface area contributed by atoms with Gasteiger partial charge in [0.05, 0.1) is 30.8 Å². The van der Waals surface area contributed by atoms with Gasteiger partial charge >= 0.3 is 5.97 Å². The van der Waals surface area contributed by atoms with Crippen molar-refractivity contribution < 1.29 is 29.2 Å². The van der Waals surface area contributed by atoms with Crippen LogP contribution < -0.4 is 5.32 Å². The number of fused-ring (bicyclic) bond motifs is 5. The largest absolute Gasteiger partial charge is 0.481 e. The molecule has 3 saturated carbocycles. The van der Waals surface area contributed by atoms with Crippen LogP contribution in [0, 0.1) is 56.7 Å². The lowest BCUT2D eigenvalue weighted by Crippen LogP contribution is -2.68. The monoisotopic (exact) mass is 645 g/mol. The summed E-state index contributed by atoms with van der Waals surface area (Å²) >= 11 is 0. The van der Waals surface area contributed by atoms with Crippen LogP contribution in [0.2, 0.25) is 0 Å². The van der Waals surface area contributed by atoms with Crippen LogP contribution in [0.4, 0.5) is 0 Å². The molecule has 5 rings (SSSR count). The average molecular weight is 646 g/mol. The first kappa shape index (κ1) is 36.3. The average Bonchev–Trinajstić information content (AvgIpc) is 3.00. The molecule has 0 bridgehead atoms. The minimum absolute atomic E-state index is 0.0999. The predicted octanol–water partition coefficient (Wildman–Crippen LogP) is 7.11. The highest BCUT2D eigenvalue weighted by Gasteiger charge is 2.71. The number of aliphatic hydroxyl groups is 1. The summed E-state index contributed by atoms with van der Waals surface area (Å²) in [5, 5.41) is 26.5. The van der Waals surface area contributed by atoms with Crippen LogP contribution in [0.3, 0.4) is 0 Å². The number of ether oxygens (including phenoxy) is 3. The topological polar surface area (TPSA) is 97.2 Å². The van der Waals surface area contributed by atoms with Gasteiger partial charge in [-0.25, -0.2) is 0 Å². The zero-order valence-electron chi connectivity index (χ0n) is 31.0. The Bertz CT molecular complexity index is 1160. The molecule has 1 heterocycles. The normalized spacial score (nSPS) is 44.7. The minimum Gasteiger partial charge on any atom is -0.481 e. The summed E-state index contributed by atoms with van der Waals surface area (Å²) < 4.78 is 19.0.